The first kappa shape index (κ1) is 27.3. The summed E-state index contributed by atoms with van der Waals surface area (Å²) in [4.78, 5) is 11.0. The summed E-state index contributed by atoms with van der Waals surface area (Å²) in [6.07, 6.45) is 1.70. The second-order valence-electron chi connectivity index (χ2n) is 12.2. The molecule has 0 saturated heterocycles. The van der Waals surface area contributed by atoms with Gasteiger partial charge in [-0.2, -0.15) is 0 Å². The van der Waals surface area contributed by atoms with Crippen molar-refractivity contribution in [1.82, 2.24) is 9.13 Å². The fraction of sp³-hybridized carbons (Fsp3) is 0.0698. The molecule has 224 valence electrons. The van der Waals surface area contributed by atoms with Crippen molar-refractivity contribution in [2.24, 2.45) is 9.98 Å². The Bertz CT molecular complexity index is 2550. The molecule has 4 heteroatoms. The van der Waals surface area contributed by atoms with Gasteiger partial charge in [0, 0.05) is 32.8 Å². The Morgan fingerprint density at radius 1 is 0.447 bits per heavy atom. The first-order valence-corrected chi connectivity index (χ1v) is 16.2. The number of rotatable bonds is 3. The standard InChI is InChI=1S/C43H32N4/c1-29-25-28-37(30-15-5-2-6-16-30)44-43(45-40(29)31-17-7-3-8-18-31)47-39-24-14-12-22-34(39)36-27-26-35-33-21-11-13-23-38(33)46(41(35)42(36)47)32-19-9-4-10-20-32/h2-24,26-27H,25,28H2,1H3/b40-29+,44-37+,45-43+. The lowest BCUT2D eigenvalue weighted by Gasteiger charge is -2.18. The molecule has 6 aromatic carbocycles. The van der Waals surface area contributed by atoms with E-state index >= 15 is 0 Å². The van der Waals surface area contributed by atoms with Crippen LogP contribution >= 0.6 is 0 Å². The largest absolute Gasteiger partial charge is 0.307 e. The molecule has 3 heterocycles. The Morgan fingerprint density at radius 2 is 0.957 bits per heavy atom. The highest BCUT2D eigenvalue weighted by atomic mass is 15.2. The molecule has 2 aromatic heterocycles. The van der Waals surface area contributed by atoms with Gasteiger partial charge in [0.15, 0.2) is 0 Å². The van der Waals surface area contributed by atoms with Crippen LogP contribution in [-0.2, 0) is 0 Å². The normalized spacial score (nSPS) is 17.8. The zero-order valence-corrected chi connectivity index (χ0v) is 26.1. The van der Waals surface area contributed by atoms with Crippen molar-refractivity contribution in [2.75, 3.05) is 0 Å². The lowest BCUT2D eigenvalue weighted by Crippen LogP contribution is -2.16. The number of fused-ring (bicyclic) bond motifs is 7. The summed E-state index contributed by atoms with van der Waals surface area (Å²) in [6.45, 7) is 2.22. The summed E-state index contributed by atoms with van der Waals surface area (Å²) in [5.41, 5.74) is 11.1. The summed E-state index contributed by atoms with van der Waals surface area (Å²) < 4.78 is 4.72. The lowest BCUT2D eigenvalue weighted by atomic mass is 9.99. The minimum absolute atomic E-state index is 0.672. The Hall–Kier alpha value is -6.00. The molecule has 0 spiro atoms. The van der Waals surface area contributed by atoms with Crippen LogP contribution in [0.4, 0.5) is 0 Å². The third-order valence-corrected chi connectivity index (χ3v) is 9.43. The van der Waals surface area contributed by atoms with Gasteiger partial charge >= 0.3 is 0 Å². The molecular formula is C43H32N4. The van der Waals surface area contributed by atoms with Crippen molar-refractivity contribution < 1.29 is 0 Å². The number of benzene rings is 6. The minimum Gasteiger partial charge on any atom is -0.307 e. The Kier molecular flexibility index (Phi) is 6.46. The van der Waals surface area contributed by atoms with Crippen molar-refractivity contribution in [3.05, 3.63) is 168 Å². The zero-order chi connectivity index (χ0) is 31.3. The Morgan fingerprint density at radius 3 is 1.60 bits per heavy atom. The van der Waals surface area contributed by atoms with Gasteiger partial charge in [-0.15, -0.1) is 0 Å². The highest BCUT2D eigenvalue weighted by Gasteiger charge is 2.24. The van der Waals surface area contributed by atoms with E-state index < -0.39 is 0 Å². The van der Waals surface area contributed by atoms with Crippen LogP contribution in [0.3, 0.4) is 0 Å². The second kappa shape index (κ2) is 11.1. The number of hydrogen-bond donors (Lipinski definition) is 0. The van der Waals surface area contributed by atoms with E-state index in [1.54, 1.807) is 0 Å². The molecule has 0 N–H and O–H groups in total. The molecule has 1 aliphatic rings. The van der Waals surface area contributed by atoms with E-state index in [0.717, 1.165) is 57.6 Å². The summed E-state index contributed by atoms with van der Waals surface area (Å²) in [5, 5.41) is 4.78. The molecule has 4 nitrogen and oxygen atoms in total. The van der Waals surface area contributed by atoms with Crippen molar-refractivity contribution in [1.29, 1.82) is 0 Å². The van der Waals surface area contributed by atoms with Crippen LogP contribution in [0, 0.1) is 0 Å². The fourth-order valence-corrected chi connectivity index (χ4v) is 7.22. The van der Waals surface area contributed by atoms with Crippen LogP contribution in [0.1, 0.15) is 30.9 Å². The lowest BCUT2D eigenvalue weighted by molar-refractivity contribution is 0.998. The molecule has 47 heavy (non-hydrogen) atoms. The molecule has 0 radical (unpaired) electrons. The topological polar surface area (TPSA) is 34.6 Å². The number of allylic oxidation sites excluding steroid dienone is 1. The summed E-state index contributed by atoms with van der Waals surface area (Å²) >= 11 is 0. The molecule has 0 saturated carbocycles. The SMILES string of the molecule is C\C1=C(c2ccccc2)/N=C(n2c3ccccc3c3ccc4c5ccccc5n(-c5ccccc5)c4c32)\N=C(\c2ccccc2)CC1. The number of para-hydroxylation sites is 3. The smallest absolute Gasteiger partial charge is 0.235 e. The molecule has 9 rings (SSSR count). The van der Waals surface area contributed by atoms with Gasteiger partial charge in [0.1, 0.15) is 0 Å². The van der Waals surface area contributed by atoms with Crippen LogP contribution in [0.5, 0.6) is 0 Å². The maximum Gasteiger partial charge on any atom is 0.235 e. The molecule has 0 fully saturated rings. The van der Waals surface area contributed by atoms with Crippen molar-refractivity contribution >= 4 is 61.0 Å². The molecule has 1 aliphatic heterocycles. The van der Waals surface area contributed by atoms with E-state index in [1.807, 2.05) is 0 Å². The Balaban J connectivity index is 1.47. The maximum atomic E-state index is 5.53. The van der Waals surface area contributed by atoms with Crippen molar-refractivity contribution in [3.8, 4) is 5.69 Å². The van der Waals surface area contributed by atoms with E-state index in [-0.39, 0.29) is 0 Å². The highest BCUT2D eigenvalue weighted by molar-refractivity contribution is 6.26. The Labute approximate surface area is 273 Å². The van der Waals surface area contributed by atoms with E-state index in [1.165, 1.54) is 32.6 Å². The molecule has 0 bridgehead atoms. The van der Waals surface area contributed by atoms with Crippen LogP contribution in [0.2, 0.25) is 0 Å². The van der Waals surface area contributed by atoms with Crippen molar-refractivity contribution in [3.63, 3.8) is 0 Å². The molecule has 0 amide bonds. The summed E-state index contributed by atoms with van der Waals surface area (Å²) in [7, 11) is 0. The van der Waals surface area contributed by atoms with Gasteiger partial charge < -0.3 is 4.57 Å². The van der Waals surface area contributed by atoms with Gasteiger partial charge in [0.2, 0.25) is 5.96 Å². The zero-order valence-electron chi connectivity index (χ0n) is 26.1. The molecule has 0 unspecified atom stereocenters. The van der Waals surface area contributed by atoms with E-state index in [2.05, 4.69) is 168 Å². The van der Waals surface area contributed by atoms with Gasteiger partial charge in [-0.1, -0.05) is 127 Å². The highest BCUT2D eigenvalue weighted by Crippen LogP contribution is 2.41. The van der Waals surface area contributed by atoms with Crippen LogP contribution in [0.15, 0.2) is 167 Å². The van der Waals surface area contributed by atoms with E-state index in [4.69, 9.17) is 9.98 Å². The number of hydrogen-bond acceptors (Lipinski definition) is 2. The summed E-state index contributed by atoms with van der Waals surface area (Å²) in [6, 6.07) is 53.7. The van der Waals surface area contributed by atoms with Crippen LogP contribution in [0.25, 0.3) is 55.0 Å². The first-order chi connectivity index (χ1) is 23.3. The number of aromatic nitrogens is 2. The van der Waals surface area contributed by atoms with Gasteiger partial charge in [0.25, 0.3) is 0 Å². The molecule has 0 atom stereocenters. The van der Waals surface area contributed by atoms with Gasteiger partial charge in [-0.3, -0.25) is 4.57 Å². The van der Waals surface area contributed by atoms with Crippen molar-refractivity contribution in [2.45, 2.75) is 19.8 Å². The number of aliphatic imine (C=N–C) groups is 2. The average Bonchev–Trinajstić information content (AvgIpc) is 3.65. The number of nitrogens with zero attached hydrogens (tertiary/aromatic N) is 4. The van der Waals surface area contributed by atoms with E-state index in [9.17, 15) is 0 Å². The van der Waals surface area contributed by atoms with E-state index in [0.29, 0.717) is 5.96 Å². The first-order valence-electron chi connectivity index (χ1n) is 16.2. The van der Waals surface area contributed by atoms with Crippen LogP contribution < -0.4 is 0 Å². The third kappa shape index (κ3) is 4.44. The second-order valence-corrected chi connectivity index (χ2v) is 12.2. The monoisotopic (exact) mass is 604 g/mol. The van der Waals surface area contributed by atoms with Gasteiger partial charge in [-0.25, -0.2) is 9.98 Å². The van der Waals surface area contributed by atoms with Crippen LogP contribution in [-0.4, -0.2) is 20.8 Å². The third-order valence-electron chi connectivity index (χ3n) is 9.43. The predicted octanol–water partition coefficient (Wildman–Crippen LogP) is 10.8. The minimum atomic E-state index is 0.672. The molecule has 0 aliphatic carbocycles. The quantitative estimate of drug-likeness (QED) is 0.192. The predicted molar refractivity (Wildman–Crippen MR) is 198 cm³/mol. The summed E-state index contributed by atoms with van der Waals surface area (Å²) in [5.74, 6) is 0.672. The van der Waals surface area contributed by atoms with Gasteiger partial charge in [-0.05, 0) is 55.2 Å². The molecule has 8 aromatic rings. The molecular weight excluding hydrogens is 573 g/mol. The average molecular weight is 605 g/mol. The van der Waals surface area contributed by atoms with Gasteiger partial charge in [0.05, 0.1) is 33.5 Å². The fourth-order valence-electron chi connectivity index (χ4n) is 7.22. The maximum absolute atomic E-state index is 5.53.